The molecule has 6 heteroatoms. The zero-order chi connectivity index (χ0) is 12.4. The first kappa shape index (κ1) is 13.3. The lowest BCUT2D eigenvalue weighted by molar-refractivity contribution is 0.630. The smallest absolute Gasteiger partial charge is 0.147 e. The highest BCUT2D eigenvalue weighted by Gasteiger charge is 2.06. The summed E-state index contributed by atoms with van der Waals surface area (Å²) in [4.78, 5) is 1.11. The summed E-state index contributed by atoms with van der Waals surface area (Å²) in [5.74, 6) is -0.341. The fourth-order valence-electron chi connectivity index (χ4n) is 1.29. The van der Waals surface area contributed by atoms with Crippen LogP contribution in [0.4, 0.5) is 10.1 Å². The maximum Gasteiger partial charge on any atom is 0.147 e. The molecule has 1 aromatic carbocycles. The Morgan fingerprint density at radius 2 is 2.06 bits per heavy atom. The van der Waals surface area contributed by atoms with Gasteiger partial charge < -0.3 is 5.32 Å². The van der Waals surface area contributed by atoms with Gasteiger partial charge in [-0.05, 0) is 56.1 Å². The molecule has 90 valence electrons. The number of hydrogen-bond donors (Lipinski definition) is 1. The SMILES string of the molecule is Fc1cc(Cl)ccc1NCc1cc(Br)c(Br)s1. The van der Waals surface area contributed by atoms with Gasteiger partial charge in [-0.1, -0.05) is 11.6 Å². The number of thiophene rings is 1. The molecule has 0 aliphatic rings. The minimum atomic E-state index is -0.341. The summed E-state index contributed by atoms with van der Waals surface area (Å²) < 4.78 is 15.5. The molecule has 1 heterocycles. The maximum absolute atomic E-state index is 13.5. The maximum atomic E-state index is 13.5. The third kappa shape index (κ3) is 3.44. The summed E-state index contributed by atoms with van der Waals surface area (Å²) in [7, 11) is 0. The molecule has 17 heavy (non-hydrogen) atoms. The van der Waals surface area contributed by atoms with E-state index in [1.54, 1.807) is 23.5 Å². The van der Waals surface area contributed by atoms with Crippen LogP contribution in [-0.4, -0.2) is 0 Å². The first-order chi connectivity index (χ1) is 8.06. The highest BCUT2D eigenvalue weighted by molar-refractivity contribution is 9.13. The van der Waals surface area contributed by atoms with Crippen LogP contribution in [0.25, 0.3) is 0 Å². The van der Waals surface area contributed by atoms with Crippen molar-refractivity contribution in [2.45, 2.75) is 6.54 Å². The van der Waals surface area contributed by atoms with E-state index >= 15 is 0 Å². The zero-order valence-electron chi connectivity index (χ0n) is 8.44. The van der Waals surface area contributed by atoms with E-state index in [2.05, 4.69) is 37.2 Å². The van der Waals surface area contributed by atoms with Gasteiger partial charge in [0.05, 0.1) is 9.47 Å². The van der Waals surface area contributed by atoms with E-state index in [9.17, 15) is 4.39 Å². The average molecular weight is 400 g/mol. The summed E-state index contributed by atoms with van der Waals surface area (Å²) in [5, 5.41) is 3.43. The number of halogens is 4. The molecule has 0 amide bonds. The molecule has 1 N–H and O–H groups in total. The van der Waals surface area contributed by atoms with E-state index in [0.29, 0.717) is 17.3 Å². The lowest BCUT2D eigenvalue weighted by Crippen LogP contribution is -1.99. The molecule has 0 aliphatic carbocycles. The molecule has 0 radical (unpaired) electrons. The monoisotopic (exact) mass is 397 g/mol. The normalized spacial score (nSPS) is 10.6. The van der Waals surface area contributed by atoms with Gasteiger partial charge in [0.15, 0.2) is 0 Å². The number of rotatable bonds is 3. The van der Waals surface area contributed by atoms with Gasteiger partial charge in [-0.25, -0.2) is 4.39 Å². The highest BCUT2D eigenvalue weighted by Crippen LogP contribution is 2.32. The molecule has 0 saturated heterocycles. The lowest BCUT2D eigenvalue weighted by atomic mass is 10.3. The molecule has 1 aromatic heterocycles. The Labute approximate surface area is 124 Å². The molecule has 0 spiro atoms. The summed E-state index contributed by atoms with van der Waals surface area (Å²) in [6.07, 6.45) is 0. The molecule has 0 saturated carbocycles. The van der Waals surface area contributed by atoms with Gasteiger partial charge in [-0.15, -0.1) is 11.3 Å². The van der Waals surface area contributed by atoms with Crippen LogP contribution in [0.15, 0.2) is 32.5 Å². The van der Waals surface area contributed by atoms with Crippen molar-refractivity contribution in [3.05, 3.63) is 48.2 Å². The van der Waals surface area contributed by atoms with Crippen molar-refractivity contribution >= 4 is 60.5 Å². The Hall–Kier alpha value is -0.1000. The van der Waals surface area contributed by atoms with E-state index in [1.165, 1.54) is 6.07 Å². The fraction of sp³-hybridized carbons (Fsp3) is 0.0909. The van der Waals surface area contributed by atoms with Crippen LogP contribution in [0, 0.1) is 5.82 Å². The average Bonchev–Trinajstić information content (AvgIpc) is 2.57. The second kappa shape index (κ2) is 5.69. The first-order valence-electron chi connectivity index (χ1n) is 4.69. The molecule has 2 aromatic rings. The summed E-state index contributed by atoms with van der Waals surface area (Å²) in [6.45, 7) is 0.577. The van der Waals surface area contributed by atoms with Crippen molar-refractivity contribution in [2.24, 2.45) is 0 Å². The number of anilines is 1. The molecule has 0 aliphatic heterocycles. The van der Waals surface area contributed by atoms with E-state index in [-0.39, 0.29) is 5.82 Å². The fourth-order valence-corrected chi connectivity index (χ4v) is 3.57. The van der Waals surface area contributed by atoms with Crippen molar-refractivity contribution in [2.75, 3.05) is 5.32 Å². The predicted molar refractivity (Wildman–Crippen MR) is 78.5 cm³/mol. The Kier molecular flexibility index (Phi) is 4.47. The number of benzene rings is 1. The van der Waals surface area contributed by atoms with E-state index in [1.807, 2.05) is 6.07 Å². The topological polar surface area (TPSA) is 12.0 Å². The minimum Gasteiger partial charge on any atom is -0.378 e. The van der Waals surface area contributed by atoms with Gasteiger partial charge in [-0.2, -0.15) is 0 Å². The van der Waals surface area contributed by atoms with Gasteiger partial charge in [0.25, 0.3) is 0 Å². The third-order valence-electron chi connectivity index (χ3n) is 2.08. The number of hydrogen-bond acceptors (Lipinski definition) is 2. The summed E-state index contributed by atoms with van der Waals surface area (Å²) >= 11 is 14.1. The molecular weight excluding hydrogens is 392 g/mol. The molecule has 2 rings (SSSR count). The van der Waals surface area contributed by atoms with Gasteiger partial charge in [-0.3, -0.25) is 0 Å². The lowest BCUT2D eigenvalue weighted by Gasteiger charge is -2.06. The van der Waals surface area contributed by atoms with Crippen LogP contribution < -0.4 is 5.32 Å². The van der Waals surface area contributed by atoms with Crippen LogP contribution in [-0.2, 0) is 6.54 Å². The first-order valence-corrected chi connectivity index (χ1v) is 7.47. The minimum absolute atomic E-state index is 0.341. The molecule has 1 nitrogen and oxygen atoms in total. The molecule has 0 bridgehead atoms. The van der Waals surface area contributed by atoms with Crippen molar-refractivity contribution in [1.82, 2.24) is 0 Å². The van der Waals surface area contributed by atoms with E-state index < -0.39 is 0 Å². The second-order valence-electron chi connectivity index (χ2n) is 3.31. The van der Waals surface area contributed by atoms with Crippen LogP contribution in [0.1, 0.15) is 4.88 Å². The molecular formula is C11H7Br2ClFNS. The van der Waals surface area contributed by atoms with Gasteiger partial charge in [0.1, 0.15) is 5.82 Å². The van der Waals surface area contributed by atoms with Gasteiger partial charge in [0, 0.05) is 20.9 Å². The Bertz CT molecular complexity index is 525. The van der Waals surface area contributed by atoms with Gasteiger partial charge >= 0.3 is 0 Å². The summed E-state index contributed by atoms with van der Waals surface area (Å²) in [6, 6.07) is 6.59. The number of nitrogens with one attached hydrogen (secondary N) is 1. The van der Waals surface area contributed by atoms with Crippen LogP contribution in [0.2, 0.25) is 5.02 Å². The van der Waals surface area contributed by atoms with Crippen molar-refractivity contribution in [1.29, 1.82) is 0 Å². The molecule has 0 atom stereocenters. The zero-order valence-corrected chi connectivity index (χ0v) is 13.2. The Balaban J connectivity index is 2.07. The van der Waals surface area contributed by atoms with E-state index in [4.69, 9.17) is 11.6 Å². The van der Waals surface area contributed by atoms with Crippen LogP contribution >= 0.6 is 54.8 Å². The largest absolute Gasteiger partial charge is 0.378 e. The molecule has 0 unspecified atom stereocenters. The molecule has 0 fully saturated rings. The predicted octanol–water partition coefficient (Wildman–Crippen LogP) is 5.68. The van der Waals surface area contributed by atoms with E-state index in [0.717, 1.165) is 13.1 Å². The van der Waals surface area contributed by atoms with Crippen molar-refractivity contribution in [3.8, 4) is 0 Å². The Morgan fingerprint density at radius 1 is 1.29 bits per heavy atom. The van der Waals surface area contributed by atoms with Crippen LogP contribution in [0.3, 0.4) is 0 Å². The van der Waals surface area contributed by atoms with Crippen molar-refractivity contribution < 1.29 is 4.39 Å². The van der Waals surface area contributed by atoms with Crippen molar-refractivity contribution in [3.63, 3.8) is 0 Å². The second-order valence-corrected chi connectivity index (χ2v) is 7.06. The Morgan fingerprint density at radius 3 is 2.65 bits per heavy atom. The highest BCUT2D eigenvalue weighted by atomic mass is 79.9. The van der Waals surface area contributed by atoms with Crippen LogP contribution in [0.5, 0.6) is 0 Å². The van der Waals surface area contributed by atoms with Gasteiger partial charge in [0.2, 0.25) is 0 Å². The third-order valence-corrected chi connectivity index (χ3v) is 5.57. The standard InChI is InChI=1S/C11H7Br2ClFNS/c12-8-4-7(17-11(8)13)5-16-10-2-1-6(14)3-9(10)15/h1-4,16H,5H2. The summed E-state index contributed by atoms with van der Waals surface area (Å²) in [5.41, 5.74) is 0.454. The quantitative estimate of drug-likeness (QED) is 0.700.